The Hall–Kier alpha value is -3.58. The molecule has 1 aliphatic heterocycles. The van der Waals surface area contributed by atoms with E-state index < -0.39 is 0 Å². The molecule has 1 aliphatic carbocycles. The molecule has 156 valence electrons. The Labute approximate surface area is 190 Å². The second kappa shape index (κ2) is 8.16. The smallest absolute Gasteiger partial charge is 0.0450 e. The number of anilines is 2. The van der Waals surface area contributed by atoms with Crippen molar-refractivity contribution in [3.63, 3.8) is 0 Å². The fourth-order valence-corrected chi connectivity index (χ4v) is 5.62. The predicted molar refractivity (Wildman–Crippen MR) is 135 cm³/mol. The maximum atomic E-state index is 2.59. The van der Waals surface area contributed by atoms with Crippen molar-refractivity contribution >= 4 is 23.0 Å². The first-order chi connectivity index (χ1) is 15.9. The Morgan fingerprint density at radius 1 is 0.688 bits per heavy atom. The van der Waals surface area contributed by atoms with E-state index in [9.17, 15) is 0 Å². The largest absolute Gasteiger partial charge is 0.338 e. The van der Waals surface area contributed by atoms with Gasteiger partial charge in [-0.2, -0.15) is 0 Å². The van der Waals surface area contributed by atoms with Gasteiger partial charge in [0, 0.05) is 23.3 Å². The highest BCUT2D eigenvalue weighted by molar-refractivity contribution is 5.92. The summed E-state index contributed by atoms with van der Waals surface area (Å²) < 4.78 is 0. The van der Waals surface area contributed by atoms with Crippen LogP contribution in [0.2, 0.25) is 0 Å². The Balaban J connectivity index is 1.46. The molecule has 0 saturated heterocycles. The first-order valence-electron chi connectivity index (χ1n) is 11.7. The molecule has 1 nitrogen and oxygen atoms in total. The van der Waals surface area contributed by atoms with Gasteiger partial charge < -0.3 is 4.90 Å². The highest BCUT2D eigenvalue weighted by atomic mass is 15.2. The number of rotatable bonds is 4. The predicted octanol–water partition coefficient (Wildman–Crippen LogP) is 8.06. The summed E-state index contributed by atoms with van der Waals surface area (Å²) in [6.45, 7) is 0. The highest BCUT2D eigenvalue weighted by Crippen LogP contribution is 2.52. The Morgan fingerprint density at radius 3 is 1.97 bits per heavy atom. The van der Waals surface area contributed by atoms with Crippen LogP contribution in [0, 0.1) is 0 Å². The molecule has 4 aromatic rings. The van der Waals surface area contributed by atoms with Crippen molar-refractivity contribution in [2.45, 2.75) is 31.2 Å². The van der Waals surface area contributed by atoms with Crippen LogP contribution in [0.25, 0.3) is 11.6 Å². The van der Waals surface area contributed by atoms with Crippen LogP contribution < -0.4 is 4.90 Å². The van der Waals surface area contributed by atoms with Gasteiger partial charge in [0.15, 0.2) is 0 Å². The standard InChI is InChI=1S/C31H27N/c1-4-11-24(12-5-1)28(25-13-6-2-7-14-25)21-23-19-20-31-29(22-23)27-17-10-18-30(27)32(31)26-15-8-3-9-16-26/h1-9,11-16,19-22,27,30H,10,17-18H2/t27-,30+/m0/s1. The van der Waals surface area contributed by atoms with Gasteiger partial charge in [-0.05, 0) is 71.0 Å². The summed E-state index contributed by atoms with van der Waals surface area (Å²) in [5, 5.41) is 0. The fourth-order valence-electron chi connectivity index (χ4n) is 5.62. The lowest BCUT2D eigenvalue weighted by Gasteiger charge is -2.27. The number of hydrogen-bond donors (Lipinski definition) is 0. The third-order valence-electron chi connectivity index (χ3n) is 7.04. The fraction of sp³-hybridized carbons (Fsp3) is 0.161. The zero-order valence-corrected chi connectivity index (χ0v) is 18.2. The van der Waals surface area contributed by atoms with Crippen molar-refractivity contribution in [1.29, 1.82) is 0 Å². The molecule has 0 bridgehead atoms. The summed E-state index contributed by atoms with van der Waals surface area (Å²) in [7, 11) is 0. The van der Waals surface area contributed by atoms with E-state index in [-0.39, 0.29) is 0 Å². The molecule has 1 heteroatoms. The molecule has 0 aromatic heterocycles. The van der Waals surface area contributed by atoms with Gasteiger partial charge in [0.25, 0.3) is 0 Å². The maximum Gasteiger partial charge on any atom is 0.0450 e. The minimum Gasteiger partial charge on any atom is -0.338 e. The van der Waals surface area contributed by atoms with Gasteiger partial charge in [-0.25, -0.2) is 0 Å². The van der Waals surface area contributed by atoms with E-state index in [2.05, 4.69) is 120 Å². The summed E-state index contributed by atoms with van der Waals surface area (Å²) in [4.78, 5) is 2.59. The molecule has 1 fully saturated rings. The number of benzene rings is 4. The van der Waals surface area contributed by atoms with E-state index in [0.29, 0.717) is 12.0 Å². The average Bonchev–Trinajstić information content (AvgIpc) is 3.45. The van der Waals surface area contributed by atoms with Gasteiger partial charge in [-0.3, -0.25) is 0 Å². The van der Waals surface area contributed by atoms with Crippen LogP contribution in [-0.2, 0) is 0 Å². The third kappa shape index (κ3) is 3.35. The minimum absolute atomic E-state index is 0.592. The van der Waals surface area contributed by atoms with E-state index in [1.54, 1.807) is 0 Å². The van der Waals surface area contributed by atoms with E-state index in [4.69, 9.17) is 0 Å². The van der Waals surface area contributed by atoms with Crippen LogP contribution in [0.3, 0.4) is 0 Å². The summed E-state index contributed by atoms with van der Waals surface area (Å²) in [6.07, 6.45) is 6.24. The molecule has 2 atom stereocenters. The van der Waals surface area contributed by atoms with Crippen LogP contribution >= 0.6 is 0 Å². The van der Waals surface area contributed by atoms with Crippen LogP contribution in [0.5, 0.6) is 0 Å². The Kier molecular flexibility index (Phi) is 4.88. The molecule has 32 heavy (non-hydrogen) atoms. The lowest BCUT2D eigenvalue weighted by molar-refractivity contribution is 0.642. The van der Waals surface area contributed by atoms with Gasteiger partial charge in [0.1, 0.15) is 0 Å². The summed E-state index contributed by atoms with van der Waals surface area (Å²) in [5.41, 5.74) is 9.29. The van der Waals surface area contributed by atoms with Crippen molar-refractivity contribution in [3.8, 4) is 0 Å². The molecule has 1 saturated carbocycles. The van der Waals surface area contributed by atoms with E-state index in [0.717, 1.165) is 0 Å². The van der Waals surface area contributed by atoms with E-state index in [1.807, 2.05) is 0 Å². The summed E-state index contributed by atoms with van der Waals surface area (Å²) >= 11 is 0. The topological polar surface area (TPSA) is 3.24 Å². The molecular formula is C31H27N. The molecule has 0 radical (unpaired) electrons. The SMILES string of the molecule is C(=C(c1ccccc1)c1ccccc1)c1ccc2c(c1)[C@@H]1CCC[C@H]1N2c1ccccc1. The van der Waals surface area contributed by atoms with Crippen molar-refractivity contribution in [2.75, 3.05) is 4.90 Å². The number of fused-ring (bicyclic) bond motifs is 3. The number of nitrogens with zero attached hydrogens (tertiary/aromatic N) is 1. The summed E-state index contributed by atoms with van der Waals surface area (Å²) in [5.74, 6) is 0.635. The van der Waals surface area contributed by atoms with Gasteiger partial charge in [0.2, 0.25) is 0 Å². The zero-order chi connectivity index (χ0) is 21.3. The van der Waals surface area contributed by atoms with Gasteiger partial charge >= 0.3 is 0 Å². The second-order valence-corrected chi connectivity index (χ2v) is 8.92. The lowest BCUT2D eigenvalue weighted by atomic mass is 9.93. The van der Waals surface area contributed by atoms with E-state index >= 15 is 0 Å². The third-order valence-corrected chi connectivity index (χ3v) is 7.04. The Morgan fingerprint density at radius 2 is 1.31 bits per heavy atom. The van der Waals surface area contributed by atoms with Crippen LogP contribution in [0.15, 0.2) is 109 Å². The normalized spacial score (nSPS) is 18.8. The number of para-hydroxylation sites is 1. The first kappa shape index (κ1) is 19.1. The molecule has 6 rings (SSSR count). The monoisotopic (exact) mass is 413 g/mol. The van der Waals surface area contributed by atoms with Crippen LogP contribution in [-0.4, -0.2) is 6.04 Å². The van der Waals surface area contributed by atoms with Crippen LogP contribution in [0.4, 0.5) is 11.4 Å². The highest BCUT2D eigenvalue weighted by Gasteiger charge is 2.41. The van der Waals surface area contributed by atoms with Crippen LogP contribution in [0.1, 0.15) is 47.4 Å². The molecule has 0 spiro atoms. The van der Waals surface area contributed by atoms with Crippen molar-refractivity contribution in [3.05, 3.63) is 131 Å². The lowest BCUT2D eigenvalue weighted by Crippen LogP contribution is -2.26. The number of hydrogen-bond acceptors (Lipinski definition) is 1. The first-order valence-corrected chi connectivity index (χ1v) is 11.7. The maximum absolute atomic E-state index is 2.59. The molecule has 0 N–H and O–H groups in total. The van der Waals surface area contributed by atoms with Gasteiger partial charge in [0.05, 0.1) is 0 Å². The Bertz CT molecular complexity index is 1200. The zero-order valence-electron chi connectivity index (χ0n) is 18.2. The molecule has 0 unspecified atom stereocenters. The molecular weight excluding hydrogens is 386 g/mol. The van der Waals surface area contributed by atoms with Crippen molar-refractivity contribution < 1.29 is 0 Å². The van der Waals surface area contributed by atoms with Gasteiger partial charge in [-0.1, -0.05) is 91.3 Å². The van der Waals surface area contributed by atoms with Crippen molar-refractivity contribution in [1.82, 2.24) is 0 Å². The average molecular weight is 414 g/mol. The van der Waals surface area contributed by atoms with Gasteiger partial charge in [-0.15, -0.1) is 0 Å². The molecule has 0 amide bonds. The molecule has 2 aliphatic rings. The molecule has 4 aromatic carbocycles. The molecule has 1 heterocycles. The summed E-state index contributed by atoms with van der Waals surface area (Å²) in [6, 6.07) is 40.1. The van der Waals surface area contributed by atoms with Crippen molar-refractivity contribution in [2.24, 2.45) is 0 Å². The minimum atomic E-state index is 0.592. The quantitative estimate of drug-likeness (QED) is 0.306. The second-order valence-electron chi connectivity index (χ2n) is 8.92. The van der Waals surface area contributed by atoms with E-state index in [1.165, 1.54) is 58.5 Å².